The Bertz CT molecular complexity index is 223. The minimum Gasteiger partial charge on any atom is -0.460 e. The number of hydrogen-bond donors (Lipinski definition) is 0. The van der Waals surface area contributed by atoms with Crippen molar-refractivity contribution >= 4 is 5.97 Å². The Kier molecular flexibility index (Phi) is 3.96. The molecule has 0 bridgehead atoms. The highest BCUT2D eigenvalue weighted by Gasteiger charge is 2.33. The fourth-order valence-electron chi connectivity index (χ4n) is 1.30. The van der Waals surface area contributed by atoms with Crippen LogP contribution in [-0.2, 0) is 14.3 Å². The molecule has 0 radical (unpaired) electrons. The highest BCUT2D eigenvalue weighted by atomic mass is 19.4. The van der Waals surface area contributed by atoms with Crippen molar-refractivity contribution in [1.82, 2.24) is 0 Å². The first-order valence-corrected chi connectivity index (χ1v) is 4.74. The molecule has 0 N–H and O–H groups in total. The summed E-state index contributed by atoms with van der Waals surface area (Å²) in [6.07, 6.45) is -3.01. The predicted molar refractivity (Wildman–Crippen MR) is 44.9 cm³/mol. The van der Waals surface area contributed by atoms with Gasteiger partial charge >= 0.3 is 12.3 Å². The molecule has 88 valence electrons. The number of hydrogen-bond acceptors (Lipinski definition) is 3. The Morgan fingerprint density at radius 1 is 1.47 bits per heavy atom. The summed E-state index contributed by atoms with van der Waals surface area (Å²) in [7, 11) is 0. The van der Waals surface area contributed by atoms with E-state index in [1.807, 2.05) is 0 Å². The Balaban J connectivity index is 2.30. The summed E-state index contributed by atoms with van der Waals surface area (Å²) in [6, 6.07) is 0. The summed E-state index contributed by atoms with van der Waals surface area (Å²) in [5.74, 6) is -0.197. The molecule has 0 aromatic carbocycles. The standard InChI is InChI=1S/C9H13F3O3/c1-6(13)15-8(4-7-2-3-7)5-14-9(10,11)12/h7-8H,2-5H2,1H3. The van der Waals surface area contributed by atoms with Crippen molar-refractivity contribution < 1.29 is 27.4 Å². The third-order valence-corrected chi connectivity index (χ3v) is 2.06. The first-order chi connectivity index (χ1) is 6.87. The van der Waals surface area contributed by atoms with E-state index in [0.717, 1.165) is 12.8 Å². The van der Waals surface area contributed by atoms with Gasteiger partial charge in [-0.05, 0) is 12.3 Å². The maximum absolute atomic E-state index is 11.7. The van der Waals surface area contributed by atoms with Crippen molar-refractivity contribution in [3.8, 4) is 0 Å². The predicted octanol–water partition coefficient (Wildman–Crippen LogP) is 2.25. The van der Waals surface area contributed by atoms with Gasteiger partial charge in [-0.1, -0.05) is 12.8 Å². The number of rotatable bonds is 5. The maximum atomic E-state index is 11.7. The third-order valence-electron chi connectivity index (χ3n) is 2.06. The second-order valence-electron chi connectivity index (χ2n) is 3.67. The lowest BCUT2D eigenvalue weighted by atomic mass is 10.2. The van der Waals surface area contributed by atoms with Crippen LogP contribution in [0.4, 0.5) is 13.2 Å². The molecule has 1 atom stereocenters. The summed E-state index contributed by atoms with van der Waals surface area (Å²) in [4.78, 5) is 10.6. The number of alkyl halides is 3. The average molecular weight is 226 g/mol. The van der Waals surface area contributed by atoms with Gasteiger partial charge in [0.05, 0.1) is 6.61 Å². The Hall–Kier alpha value is -0.780. The lowest BCUT2D eigenvalue weighted by molar-refractivity contribution is -0.331. The van der Waals surface area contributed by atoms with Crippen LogP contribution in [0.2, 0.25) is 0 Å². The first-order valence-electron chi connectivity index (χ1n) is 4.74. The number of halogens is 3. The molecular weight excluding hydrogens is 213 g/mol. The fourth-order valence-corrected chi connectivity index (χ4v) is 1.30. The van der Waals surface area contributed by atoms with Crippen LogP contribution in [0.15, 0.2) is 0 Å². The van der Waals surface area contributed by atoms with Crippen molar-refractivity contribution in [2.45, 2.75) is 38.7 Å². The summed E-state index contributed by atoms with van der Waals surface area (Å²) in [6.45, 7) is 0.563. The zero-order valence-electron chi connectivity index (χ0n) is 8.34. The van der Waals surface area contributed by atoms with Gasteiger partial charge in [0.25, 0.3) is 0 Å². The number of carbonyl (C=O) groups is 1. The third kappa shape index (κ3) is 6.33. The molecule has 0 heterocycles. The van der Waals surface area contributed by atoms with E-state index in [9.17, 15) is 18.0 Å². The molecule has 1 aliphatic rings. The van der Waals surface area contributed by atoms with Gasteiger partial charge in [-0.2, -0.15) is 0 Å². The first kappa shape index (κ1) is 12.3. The Labute approximate surface area is 85.5 Å². The molecule has 1 saturated carbocycles. The summed E-state index contributed by atoms with van der Waals surface area (Å²) in [5.41, 5.74) is 0. The van der Waals surface area contributed by atoms with Crippen LogP contribution >= 0.6 is 0 Å². The summed E-state index contributed by atoms with van der Waals surface area (Å²) >= 11 is 0. The van der Waals surface area contributed by atoms with E-state index < -0.39 is 25.0 Å². The molecule has 3 nitrogen and oxygen atoms in total. The molecule has 6 heteroatoms. The number of carbonyl (C=O) groups excluding carboxylic acids is 1. The molecule has 0 amide bonds. The van der Waals surface area contributed by atoms with Crippen LogP contribution in [-0.4, -0.2) is 25.0 Å². The number of esters is 1. The van der Waals surface area contributed by atoms with E-state index in [1.165, 1.54) is 6.92 Å². The van der Waals surface area contributed by atoms with E-state index in [2.05, 4.69) is 4.74 Å². The summed E-state index contributed by atoms with van der Waals surface area (Å²) in [5, 5.41) is 0. The zero-order valence-corrected chi connectivity index (χ0v) is 8.34. The van der Waals surface area contributed by atoms with Crippen LogP contribution in [0.25, 0.3) is 0 Å². The lowest BCUT2D eigenvalue weighted by Crippen LogP contribution is -2.27. The zero-order chi connectivity index (χ0) is 11.5. The van der Waals surface area contributed by atoms with E-state index in [0.29, 0.717) is 12.3 Å². The maximum Gasteiger partial charge on any atom is 0.522 e. The minimum absolute atomic E-state index is 0.381. The largest absolute Gasteiger partial charge is 0.522 e. The normalized spacial score (nSPS) is 18.7. The Morgan fingerprint density at radius 3 is 2.47 bits per heavy atom. The van der Waals surface area contributed by atoms with Crippen molar-refractivity contribution in [3.63, 3.8) is 0 Å². The second kappa shape index (κ2) is 4.83. The Morgan fingerprint density at radius 2 is 2.07 bits per heavy atom. The smallest absolute Gasteiger partial charge is 0.460 e. The monoisotopic (exact) mass is 226 g/mol. The highest BCUT2D eigenvalue weighted by molar-refractivity contribution is 5.66. The molecule has 15 heavy (non-hydrogen) atoms. The molecule has 0 aromatic heterocycles. The topological polar surface area (TPSA) is 35.5 Å². The molecule has 0 saturated heterocycles. The van der Waals surface area contributed by atoms with E-state index in [4.69, 9.17) is 4.74 Å². The summed E-state index contributed by atoms with van der Waals surface area (Å²) < 4.78 is 43.6. The van der Waals surface area contributed by atoms with Gasteiger partial charge < -0.3 is 4.74 Å². The van der Waals surface area contributed by atoms with Crippen LogP contribution in [0.5, 0.6) is 0 Å². The molecule has 1 aliphatic carbocycles. The van der Waals surface area contributed by atoms with Gasteiger partial charge in [0.15, 0.2) is 0 Å². The van der Waals surface area contributed by atoms with Crippen molar-refractivity contribution in [3.05, 3.63) is 0 Å². The van der Waals surface area contributed by atoms with Crippen molar-refractivity contribution in [1.29, 1.82) is 0 Å². The second-order valence-corrected chi connectivity index (χ2v) is 3.67. The fraction of sp³-hybridized carbons (Fsp3) is 0.889. The van der Waals surface area contributed by atoms with Gasteiger partial charge in [0.2, 0.25) is 0 Å². The van der Waals surface area contributed by atoms with Gasteiger partial charge in [-0.3, -0.25) is 9.53 Å². The van der Waals surface area contributed by atoms with Crippen LogP contribution in [0.3, 0.4) is 0 Å². The molecular formula is C9H13F3O3. The quantitative estimate of drug-likeness (QED) is 0.674. The van der Waals surface area contributed by atoms with Gasteiger partial charge in [-0.25, -0.2) is 0 Å². The highest BCUT2D eigenvalue weighted by Crippen LogP contribution is 2.34. The van der Waals surface area contributed by atoms with E-state index >= 15 is 0 Å². The lowest BCUT2D eigenvalue weighted by Gasteiger charge is -2.17. The van der Waals surface area contributed by atoms with E-state index in [1.54, 1.807) is 0 Å². The van der Waals surface area contributed by atoms with Crippen LogP contribution < -0.4 is 0 Å². The SMILES string of the molecule is CC(=O)OC(COC(F)(F)F)CC1CC1. The van der Waals surface area contributed by atoms with Crippen molar-refractivity contribution in [2.24, 2.45) is 5.92 Å². The average Bonchev–Trinajstić information content (AvgIpc) is 2.81. The van der Waals surface area contributed by atoms with Crippen LogP contribution in [0.1, 0.15) is 26.2 Å². The molecule has 0 aromatic rings. The van der Waals surface area contributed by atoms with Gasteiger partial charge in [0, 0.05) is 6.92 Å². The minimum atomic E-state index is -4.66. The number of ether oxygens (including phenoxy) is 2. The molecule has 1 unspecified atom stereocenters. The molecule has 1 rings (SSSR count). The molecule has 0 aliphatic heterocycles. The van der Waals surface area contributed by atoms with Crippen LogP contribution in [0, 0.1) is 5.92 Å². The van der Waals surface area contributed by atoms with Gasteiger partial charge in [-0.15, -0.1) is 13.2 Å². The van der Waals surface area contributed by atoms with Crippen molar-refractivity contribution in [2.75, 3.05) is 6.61 Å². The molecule has 1 fully saturated rings. The van der Waals surface area contributed by atoms with Gasteiger partial charge in [0.1, 0.15) is 6.10 Å². The molecule has 0 spiro atoms. The van der Waals surface area contributed by atoms with E-state index in [-0.39, 0.29) is 0 Å².